The van der Waals surface area contributed by atoms with Gasteiger partial charge in [-0.1, -0.05) is 42.0 Å². The first-order valence-corrected chi connectivity index (χ1v) is 10.6. The molecule has 0 unspecified atom stereocenters. The second-order valence-electron chi connectivity index (χ2n) is 7.02. The summed E-state index contributed by atoms with van der Waals surface area (Å²) >= 11 is 0. The summed E-state index contributed by atoms with van der Waals surface area (Å²) in [6.45, 7) is 6.50. The van der Waals surface area contributed by atoms with Crippen LogP contribution in [0.2, 0.25) is 0 Å². The zero-order valence-corrected chi connectivity index (χ0v) is 16.3. The van der Waals surface area contributed by atoms with Crippen molar-refractivity contribution in [3.63, 3.8) is 0 Å². The number of sulfonamides is 1. The molecule has 140 valence electrons. The predicted octanol–water partition coefficient (Wildman–Crippen LogP) is 2.37. The molecule has 2 aromatic carbocycles. The van der Waals surface area contributed by atoms with Crippen LogP contribution in [-0.2, 0) is 22.3 Å². The highest BCUT2D eigenvalue weighted by Gasteiger charge is 2.14. The maximum Gasteiger partial charge on any atom is 0.216 e. The summed E-state index contributed by atoms with van der Waals surface area (Å²) in [5, 5.41) is 0. The SMILES string of the molecule is Cc1ccc(CS(=O)(=O)NCc2ccc(N3CCN(C)CC3)cc2)cc1. The summed E-state index contributed by atoms with van der Waals surface area (Å²) in [5.41, 5.74) is 4.09. The predicted molar refractivity (Wildman–Crippen MR) is 107 cm³/mol. The van der Waals surface area contributed by atoms with E-state index in [2.05, 4.69) is 33.7 Å². The van der Waals surface area contributed by atoms with Gasteiger partial charge in [-0.3, -0.25) is 0 Å². The van der Waals surface area contributed by atoms with Crippen LogP contribution in [0.3, 0.4) is 0 Å². The lowest BCUT2D eigenvalue weighted by Gasteiger charge is -2.34. The Bertz CT molecular complexity index is 809. The Hall–Kier alpha value is -1.89. The van der Waals surface area contributed by atoms with E-state index < -0.39 is 10.0 Å². The topological polar surface area (TPSA) is 52.7 Å². The number of likely N-dealkylation sites (N-methyl/N-ethyl adjacent to an activating group) is 1. The lowest BCUT2D eigenvalue weighted by atomic mass is 10.2. The van der Waals surface area contributed by atoms with Gasteiger partial charge in [-0.15, -0.1) is 0 Å². The molecule has 26 heavy (non-hydrogen) atoms. The van der Waals surface area contributed by atoms with Crippen molar-refractivity contribution in [1.82, 2.24) is 9.62 Å². The molecule has 3 rings (SSSR count). The third-order valence-electron chi connectivity index (χ3n) is 4.78. The van der Waals surface area contributed by atoms with Gasteiger partial charge in [0.25, 0.3) is 0 Å². The molecule has 1 saturated heterocycles. The van der Waals surface area contributed by atoms with Crippen molar-refractivity contribution in [2.24, 2.45) is 0 Å². The Morgan fingerprint density at radius 2 is 1.46 bits per heavy atom. The number of nitrogens with zero attached hydrogens (tertiary/aromatic N) is 2. The van der Waals surface area contributed by atoms with Crippen LogP contribution in [-0.4, -0.2) is 46.5 Å². The molecule has 0 spiro atoms. The average molecular weight is 374 g/mol. The van der Waals surface area contributed by atoms with E-state index >= 15 is 0 Å². The summed E-state index contributed by atoms with van der Waals surface area (Å²) in [6, 6.07) is 15.7. The Labute approximate surface area is 156 Å². The number of anilines is 1. The number of hydrogen-bond acceptors (Lipinski definition) is 4. The van der Waals surface area contributed by atoms with Crippen LogP contribution in [0.4, 0.5) is 5.69 Å². The Kier molecular flexibility index (Phi) is 5.96. The number of aryl methyl sites for hydroxylation is 1. The minimum Gasteiger partial charge on any atom is -0.369 e. The number of hydrogen-bond donors (Lipinski definition) is 1. The third-order valence-corrected chi connectivity index (χ3v) is 6.08. The van der Waals surface area contributed by atoms with E-state index in [1.807, 2.05) is 43.3 Å². The van der Waals surface area contributed by atoms with Crippen LogP contribution in [0.15, 0.2) is 48.5 Å². The summed E-state index contributed by atoms with van der Waals surface area (Å²) in [4.78, 5) is 4.69. The highest BCUT2D eigenvalue weighted by molar-refractivity contribution is 7.88. The Balaban J connectivity index is 1.54. The molecule has 1 aliphatic rings. The molecule has 1 N–H and O–H groups in total. The molecule has 6 heteroatoms. The molecule has 5 nitrogen and oxygen atoms in total. The van der Waals surface area contributed by atoms with E-state index in [1.54, 1.807) is 0 Å². The van der Waals surface area contributed by atoms with Crippen molar-refractivity contribution < 1.29 is 8.42 Å². The molecule has 0 amide bonds. The van der Waals surface area contributed by atoms with Crippen molar-refractivity contribution in [1.29, 1.82) is 0 Å². The fourth-order valence-corrected chi connectivity index (χ4v) is 4.16. The van der Waals surface area contributed by atoms with Gasteiger partial charge in [0.15, 0.2) is 0 Å². The van der Waals surface area contributed by atoms with Crippen LogP contribution in [0.5, 0.6) is 0 Å². The zero-order valence-electron chi connectivity index (χ0n) is 15.5. The first-order valence-electron chi connectivity index (χ1n) is 8.97. The molecule has 0 saturated carbocycles. The van der Waals surface area contributed by atoms with Crippen molar-refractivity contribution in [3.8, 4) is 0 Å². The molecule has 0 radical (unpaired) electrons. The second-order valence-corrected chi connectivity index (χ2v) is 8.83. The lowest BCUT2D eigenvalue weighted by molar-refractivity contribution is 0.313. The van der Waals surface area contributed by atoms with Gasteiger partial charge in [-0.05, 0) is 37.2 Å². The average Bonchev–Trinajstić information content (AvgIpc) is 2.63. The van der Waals surface area contributed by atoms with Gasteiger partial charge in [0.2, 0.25) is 10.0 Å². The van der Waals surface area contributed by atoms with Crippen LogP contribution in [0.25, 0.3) is 0 Å². The van der Waals surface area contributed by atoms with E-state index in [9.17, 15) is 8.42 Å². The standard InChI is InChI=1S/C20H27N3O2S/c1-17-3-5-19(6-4-17)16-26(24,25)21-15-18-7-9-20(10-8-18)23-13-11-22(2)12-14-23/h3-10,21H,11-16H2,1-2H3. The first-order chi connectivity index (χ1) is 12.4. The number of piperazine rings is 1. The van der Waals surface area contributed by atoms with Crippen LogP contribution in [0, 0.1) is 6.92 Å². The van der Waals surface area contributed by atoms with Crippen molar-refractivity contribution in [2.75, 3.05) is 38.1 Å². The molecule has 1 fully saturated rings. The van der Waals surface area contributed by atoms with Gasteiger partial charge in [0, 0.05) is 38.4 Å². The fourth-order valence-electron chi connectivity index (χ4n) is 3.04. The third kappa shape index (κ3) is 5.30. The quantitative estimate of drug-likeness (QED) is 0.845. The normalized spacial score (nSPS) is 16.0. The van der Waals surface area contributed by atoms with Gasteiger partial charge < -0.3 is 9.80 Å². The first kappa shape index (κ1) is 18.9. The van der Waals surface area contributed by atoms with Crippen LogP contribution >= 0.6 is 0 Å². The second kappa shape index (κ2) is 8.20. The van der Waals surface area contributed by atoms with Crippen LogP contribution in [0.1, 0.15) is 16.7 Å². The molecular formula is C20H27N3O2S. The van der Waals surface area contributed by atoms with Gasteiger partial charge in [-0.2, -0.15) is 0 Å². The largest absolute Gasteiger partial charge is 0.369 e. The van der Waals surface area contributed by atoms with Crippen LogP contribution < -0.4 is 9.62 Å². The molecule has 0 bridgehead atoms. The highest BCUT2D eigenvalue weighted by Crippen LogP contribution is 2.17. The molecule has 0 atom stereocenters. The van der Waals surface area contributed by atoms with Gasteiger partial charge in [0.05, 0.1) is 5.75 Å². The number of benzene rings is 2. The zero-order chi connectivity index (χ0) is 18.6. The van der Waals surface area contributed by atoms with Crippen molar-refractivity contribution in [3.05, 3.63) is 65.2 Å². The molecule has 0 aromatic heterocycles. The molecule has 1 heterocycles. The van der Waals surface area contributed by atoms with Gasteiger partial charge in [-0.25, -0.2) is 13.1 Å². The summed E-state index contributed by atoms with van der Waals surface area (Å²) in [5.74, 6) is 0.00661. The van der Waals surface area contributed by atoms with E-state index in [0.29, 0.717) is 6.54 Å². The summed E-state index contributed by atoms with van der Waals surface area (Å²) in [7, 11) is -1.21. The maximum atomic E-state index is 12.3. The minimum atomic E-state index is -3.35. The summed E-state index contributed by atoms with van der Waals surface area (Å²) < 4.78 is 27.3. The van der Waals surface area contributed by atoms with Crippen molar-refractivity contribution >= 4 is 15.7 Å². The number of nitrogens with one attached hydrogen (secondary N) is 1. The smallest absolute Gasteiger partial charge is 0.216 e. The highest BCUT2D eigenvalue weighted by atomic mass is 32.2. The molecule has 1 aliphatic heterocycles. The van der Waals surface area contributed by atoms with Crippen molar-refractivity contribution in [2.45, 2.75) is 19.2 Å². The minimum absolute atomic E-state index is 0.00661. The van der Waals surface area contributed by atoms with E-state index in [0.717, 1.165) is 42.9 Å². The Morgan fingerprint density at radius 3 is 2.08 bits per heavy atom. The Morgan fingerprint density at radius 1 is 0.885 bits per heavy atom. The monoisotopic (exact) mass is 373 g/mol. The van der Waals surface area contributed by atoms with Gasteiger partial charge >= 0.3 is 0 Å². The van der Waals surface area contributed by atoms with E-state index in [-0.39, 0.29) is 5.75 Å². The van der Waals surface area contributed by atoms with E-state index in [4.69, 9.17) is 0 Å². The molecular weight excluding hydrogens is 346 g/mol. The summed E-state index contributed by atoms with van der Waals surface area (Å²) in [6.07, 6.45) is 0. The lowest BCUT2D eigenvalue weighted by Crippen LogP contribution is -2.44. The number of rotatable bonds is 6. The maximum absolute atomic E-state index is 12.3. The molecule has 0 aliphatic carbocycles. The van der Waals surface area contributed by atoms with Gasteiger partial charge in [0.1, 0.15) is 0 Å². The van der Waals surface area contributed by atoms with E-state index in [1.165, 1.54) is 5.69 Å². The fraction of sp³-hybridized carbons (Fsp3) is 0.400. The molecule has 2 aromatic rings.